The highest BCUT2D eigenvalue weighted by atomic mass is 15.3. The number of fused-ring (bicyclic) bond motifs is 4. The Morgan fingerprint density at radius 2 is 2.08 bits per heavy atom. The molecule has 0 N–H and O–H groups in total. The van der Waals surface area contributed by atoms with Crippen molar-refractivity contribution in [2.45, 2.75) is 57.7 Å². The topological polar surface area (TPSA) is 50.1 Å². The van der Waals surface area contributed by atoms with E-state index >= 15 is 0 Å². The average molecular weight is 350 g/mol. The van der Waals surface area contributed by atoms with E-state index in [1.54, 1.807) is 6.20 Å². The molecule has 2 aromatic rings. The van der Waals surface area contributed by atoms with Crippen LogP contribution in [0.15, 0.2) is 19.0 Å². The van der Waals surface area contributed by atoms with Gasteiger partial charge in [-0.25, -0.2) is 14.6 Å². The van der Waals surface area contributed by atoms with Gasteiger partial charge < -0.3 is 4.90 Å². The van der Waals surface area contributed by atoms with Gasteiger partial charge in [-0.15, -0.1) is 0 Å². The largest absolute Gasteiger partial charge is 0.341 e. The first-order valence-electron chi connectivity index (χ1n) is 9.76. The molecule has 0 spiro atoms. The first kappa shape index (κ1) is 16.0. The standard InChI is InChI=1S/C20H26N6/c1-3-26-14(2)15(11-22-26)13-25-16-6-7-19(25)17-12-21-20(23-18(17)10-16)24-8-4-5-9-24/h3,11-12,16,19H,1,4-10,13H2,2H3. The summed E-state index contributed by atoms with van der Waals surface area (Å²) in [4.78, 5) is 14.7. The molecule has 2 atom stereocenters. The smallest absolute Gasteiger partial charge is 0.225 e. The summed E-state index contributed by atoms with van der Waals surface area (Å²) in [5.41, 5.74) is 5.10. The Bertz CT molecular complexity index is 835. The minimum Gasteiger partial charge on any atom is -0.341 e. The lowest BCUT2D eigenvalue weighted by Gasteiger charge is -2.35. The van der Waals surface area contributed by atoms with Gasteiger partial charge in [0.15, 0.2) is 0 Å². The van der Waals surface area contributed by atoms with Crippen molar-refractivity contribution in [2.24, 2.45) is 0 Å². The third-order valence-corrected chi connectivity index (χ3v) is 6.38. The van der Waals surface area contributed by atoms with Gasteiger partial charge in [0.05, 0.1) is 11.9 Å². The third-order valence-electron chi connectivity index (χ3n) is 6.38. The summed E-state index contributed by atoms with van der Waals surface area (Å²) in [6, 6.07) is 1.03. The molecular weight excluding hydrogens is 324 g/mol. The number of nitrogens with zero attached hydrogens (tertiary/aromatic N) is 6. The number of rotatable bonds is 4. The van der Waals surface area contributed by atoms with Crippen molar-refractivity contribution in [3.63, 3.8) is 0 Å². The van der Waals surface area contributed by atoms with Crippen LogP contribution in [0.4, 0.5) is 5.95 Å². The number of hydrogen-bond donors (Lipinski definition) is 0. The Balaban J connectivity index is 1.42. The van der Waals surface area contributed by atoms with Gasteiger partial charge in [0.2, 0.25) is 5.95 Å². The fraction of sp³-hybridized carbons (Fsp3) is 0.550. The molecule has 5 heterocycles. The summed E-state index contributed by atoms with van der Waals surface area (Å²) in [7, 11) is 0. The van der Waals surface area contributed by atoms with E-state index in [0.29, 0.717) is 12.1 Å². The van der Waals surface area contributed by atoms with E-state index < -0.39 is 0 Å². The summed E-state index contributed by atoms with van der Waals surface area (Å²) in [5, 5.41) is 4.41. The quantitative estimate of drug-likeness (QED) is 0.848. The van der Waals surface area contributed by atoms with Crippen molar-refractivity contribution in [3.8, 4) is 0 Å². The molecular formula is C20H26N6. The molecule has 5 rings (SSSR count). The van der Waals surface area contributed by atoms with Gasteiger partial charge in [-0.05, 0) is 32.6 Å². The van der Waals surface area contributed by atoms with E-state index in [4.69, 9.17) is 9.97 Å². The minimum absolute atomic E-state index is 0.447. The van der Waals surface area contributed by atoms with Crippen LogP contribution in [0.5, 0.6) is 0 Å². The zero-order chi connectivity index (χ0) is 17.7. The first-order chi connectivity index (χ1) is 12.7. The Morgan fingerprint density at radius 1 is 1.23 bits per heavy atom. The maximum absolute atomic E-state index is 4.97. The SMILES string of the molecule is C=Cn1ncc(CN2C3CCC2c2cnc(N4CCCC4)nc2C3)c1C. The second-order valence-corrected chi connectivity index (χ2v) is 7.77. The lowest BCUT2D eigenvalue weighted by atomic mass is 9.98. The molecule has 6 heteroatoms. The fourth-order valence-electron chi connectivity index (χ4n) is 4.87. The van der Waals surface area contributed by atoms with Crippen LogP contribution in [0.2, 0.25) is 0 Å². The van der Waals surface area contributed by atoms with Crippen LogP contribution in [0, 0.1) is 6.92 Å². The molecule has 0 saturated carbocycles. The summed E-state index contributed by atoms with van der Waals surface area (Å²) >= 11 is 0. The third kappa shape index (κ3) is 2.47. The van der Waals surface area contributed by atoms with Gasteiger partial charge >= 0.3 is 0 Å². The lowest BCUT2D eigenvalue weighted by molar-refractivity contribution is 0.166. The number of anilines is 1. The van der Waals surface area contributed by atoms with Gasteiger partial charge in [-0.2, -0.15) is 5.10 Å². The summed E-state index contributed by atoms with van der Waals surface area (Å²) in [6.07, 6.45) is 11.9. The van der Waals surface area contributed by atoms with Gasteiger partial charge in [0.25, 0.3) is 0 Å². The molecule has 0 amide bonds. The predicted molar refractivity (Wildman–Crippen MR) is 102 cm³/mol. The van der Waals surface area contributed by atoms with Crippen molar-refractivity contribution in [3.05, 3.63) is 41.5 Å². The van der Waals surface area contributed by atoms with Crippen molar-refractivity contribution in [1.82, 2.24) is 24.6 Å². The molecule has 3 aliphatic rings. The molecule has 0 radical (unpaired) electrons. The number of aromatic nitrogens is 4. The van der Waals surface area contributed by atoms with Crippen LogP contribution >= 0.6 is 0 Å². The van der Waals surface area contributed by atoms with Crippen molar-refractivity contribution < 1.29 is 0 Å². The van der Waals surface area contributed by atoms with Crippen LogP contribution < -0.4 is 4.90 Å². The lowest BCUT2D eigenvalue weighted by Crippen LogP contribution is -2.38. The summed E-state index contributed by atoms with van der Waals surface area (Å²) < 4.78 is 1.86. The van der Waals surface area contributed by atoms with Gasteiger partial charge in [-0.1, -0.05) is 6.58 Å². The van der Waals surface area contributed by atoms with E-state index in [-0.39, 0.29) is 0 Å². The minimum atomic E-state index is 0.447. The molecule has 0 aliphatic carbocycles. The average Bonchev–Trinajstić information content (AvgIpc) is 3.36. The predicted octanol–water partition coefficient (Wildman–Crippen LogP) is 2.94. The molecule has 2 fully saturated rings. The van der Waals surface area contributed by atoms with Crippen LogP contribution in [0.3, 0.4) is 0 Å². The maximum Gasteiger partial charge on any atom is 0.225 e. The van der Waals surface area contributed by atoms with E-state index in [9.17, 15) is 0 Å². The van der Waals surface area contributed by atoms with Crippen LogP contribution in [-0.2, 0) is 13.0 Å². The molecule has 2 unspecified atom stereocenters. The molecule has 2 bridgehead atoms. The Labute approximate surface area is 154 Å². The van der Waals surface area contributed by atoms with Gasteiger partial charge in [-0.3, -0.25) is 4.90 Å². The second-order valence-electron chi connectivity index (χ2n) is 7.77. The highest BCUT2D eigenvalue weighted by molar-refractivity contribution is 5.38. The second kappa shape index (κ2) is 6.20. The van der Waals surface area contributed by atoms with Crippen LogP contribution in [0.1, 0.15) is 54.2 Å². The van der Waals surface area contributed by atoms with Crippen molar-refractivity contribution in [1.29, 1.82) is 0 Å². The highest BCUT2D eigenvalue weighted by Crippen LogP contribution is 2.44. The van der Waals surface area contributed by atoms with Gasteiger partial charge in [0, 0.05) is 67.4 Å². The van der Waals surface area contributed by atoms with E-state index in [1.165, 1.54) is 48.2 Å². The van der Waals surface area contributed by atoms with Gasteiger partial charge in [0.1, 0.15) is 0 Å². The summed E-state index contributed by atoms with van der Waals surface area (Å²) in [5.74, 6) is 0.942. The monoisotopic (exact) mass is 350 g/mol. The Hall–Kier alpha value is -2.21. The first-order valence-corrected chi connectivity index (χ1v) is 9.76. The molecule has 26 heavy (non-hydrogen) atoms. The zero-order valence-electron chi connectivity index (χ0n) is 15.4. The maximum atomic E-state index is 4.97. The van der Waals surface area contributed by atoms with Crippen molar-refractivity contribution >= 4 is 12.1 Å². The number of hydrogen-bond acceptors (Lipinski definition) is 5. The van der Waals surface area contributed by atoms with E-state index in [0.717, 1.165) is 32.0 Å². The molecule has 6 nitrogen and oxygen atoms in total. The van der Waals surface area contributed by atoms with Crippen molar-refractivity contribution in [2.75, 3.05) is 18.0 Å². The fourth-order valence-corrected chi connectivity index (χ4v) is 4.87. The molecule has 2 saturated heterocycles. The van der Waals surface area contributed by atoms with E-state index in [1.807, 2.05) is 10.9 Å². The molecule has 2 aromatic heterocycles. The molecule has 136 valence electrons. The van der Waals surface area contributed by atoms with Crippen LogP contribution in [-0.4, -0.2) is 43.8 Å². The Morgan fingerprint density at radius 3 is 2.85 bits per heavy atom. The summed E-state index contributed by atoms with van der Waals surface area (Å²) in [6.45, 7) is 9.10. The Kier molecular flexibility index (Phi) is 3.81. The molecule has 0 aromatic carbocycles. The molecule has 3 aliphatic heterocycles. The zero-order valence-corrected chi connectivity index (χ0v) is 15.4. The van der Waals surface area contributed by atoms with Crippen LogP contribution in [0.25, 0.3) is 6.20 Å². The normalized spacial score (nSPS) is 24.9. The highest BCUT2D eigenvalue weighted by Gasteiger charge is 2.41. The van der Waals surface area contributed by atoms with E-state index in [2.05, 4.69) is 34.6 Å².